The van der Waals surface area contributed by atoms with E-state index in [0.717, 1.165) is 12.8 Å². The van der Waals surface area contributed by atoms with Crippen molar-refractivity contribution in [3.8, 4) is 0 Å². The lowest BCUT2D eigenvalue weighted by atomic mass is 10.0. The first-order chi connectivity index (χ1) is 15.2. The van der Waals surface area contributed by atoms with E-state index in [2.05, 4.69) is 13.5 Å². The molecule has 0 unspecified atom stereocenters. The van der Waals surface area contributed by atoms with Crippen molar-refractivity contribution in [2.75, 3.05) is 0 Å². The number of rotatable bonds is 26. The third-order valence-electron chi connectivity index (χ3n) is 6.63. The van der Waals surface area contributed by atoms with E-state index < -0.39 is 5.97 Å². The summed E-state index contributed by atoms with van der Waals surface area (Å²) < 4.78 is 0. The number of unbranched alkanes of at least 4 members (excludes halogenated alkanes) is 23. The summed E-state index contributed by atoms with van der Waals surface area (Å²) in [4.78, 5) is 10.7. The summed E-state index contributed by atoms with van der Waals surface area (Å²) in [5.74, 6) is -0.839. The van der Waals surface area contributed by atoms with Crippen molar-refractivity contribution in [1.29, 1.82) is 0 Å². The van der Waals surface area contributed by atoms with Crippen molar-refractivity contribution in [1.82, 2.24) is 0 Å². The van der Waals surface area contributed by atoms with Gasteiger partial charge < -0.3 is 5.11 Å². The number of hydrogen-bond acceptors (Lipinski definition) is 1. The Hall–Kier alpha value is -0.790. The molecule has 0 aromatic carbocycles. The largest absolute Gasteiger partial charge is 0.478 e. The van der Waals surface area contributed by atoms with Crippen molar-refractivity contribution < 1.29 is 9.90 Å². The Kier molecular flexibility index (Phi) is 24.8. The van der Waals surface area contributed by atoms with Gasteiger partial charge in [-0.1, -0.05) is 161 Å². The van der Waals surface area contributed by atoms with Crippen molar-refractivity contribution in [3.05, 3.63) is 12.2 Å². The van der Waals surface area contributed by atoms with E-state index in [-0.39, 0.29) is 0 Å². The van der Waals surface area contributed by atoms with E-state index >= 15 is 0 Å². The molecule has 2 heteroatoms. The Morgan fingerprint density at radius 1 is 0.484 bits per heavy atom. The monoisotopic (exact) mass is 436 g/mol. The second kappa shape index (κ2) is 25.5. The molecule has 2 nitrogen and oxygen atoms in total. The van der Waals surface area contributed by atoms with Gasteiger partial charge in [-0.3, -0.25) is 0 Å². The Bertz CT molecular complexity index is 388. The second-order valence-corrected chi connectivity index (χ2v) is 9.79. The van der Waals surface area contributed by atoms with Gasteiger partial charge in [-0.15, -0.1) is 0 Å². The highest BCUT2D eigenvalue weighted by molar-refractivity contribution is 5.85. The average Bonchev–Trinajstić information content (AvgIpc) is 2.76. The highest BCUT2D eigenvalue weighted by Gasteiger charge is 2.02. The average molecular weight is 437 g/mol. The van der Waals surface area contributed by atoms with Crippen molar-refractivity contribution in [2.24, 2.45) is 0 Å². The summed E-state index contributed by atoms with van der Waals surface area (Å²) in [5, 5.41) is 8.77. The quantitative estimate of drug-likeness (QED) is 0.108. The molecule has 0 aromatic rings. The smallest absolute Gasteiger partial charge is 0.330 e. The van der Waals surface area contributed by atoms with Crippen LogP contribution in [0.25, 0.3) is 0 Å². The first-order valence-corrected chi connectivity index (χ1v) is 14.1. The highest BCUT2D eigenvalue weighted by Crippen LogP contribution is 2.16. The molecule has 0 fully saturated rings. The van der Waals surface area contributed by atoms with Gasteiger partial charge in [0.25, 0.3) is 0 Å². The molecule has 0 aliphatic heterocycles. The van der Waals surface area contributed by atoms with Crippen LogP contribution in [0.15, 0.2) is 12.2 Å². The third kappa shape index (κ3) is 25.3. The number of carbonyl (C=O) groups is 1. The number of carboxylic acids is 1. The molecular formula is C29H56O2. The van der Waals surface area contributed by atoms with Gasteiger partial charge in [-0.2, -0.15) is 0 Å². The van der Waals surface area contributed by atoms with Crippen LogP contribution in [0.1, 0.15) is 167 Å². The minimum atomic E-state index is -0.839. The van der Waals surface area contributed by atoms with Crippen LogP contribution in [0.4, 0.5) is 0 Å². The molecule has 0 spiro atoms. The van der Waals surface area contributed by atoms with Crippen molar-refractivity contribution in [2.45, 2.75) is 167 Å². The minimum Gasteiger partial charge on any atom is -0.478 e. The number of carboxylic acid groups (broad SMARTS) is 1. The molecule has 0 saturated carbocycles. The zero-order valence-electron chi connectivity index (χ0n) is 21.2. The standard InChI is InChI=1S/C29H56O2/c1-3-4-5-6-7-8-9-10-11-12-13-14-15-16-17-18-19-20-21-22-23-24-25-26-27-28(2)29(30)31/h2-27H2,1H3,(H,30,31). The molecule has 0 amide bonds. The first kappa shape index (κ1) is 30.2. The maximum atomic E-state index is 10.7. The fraction of sp³-hybridized carbons (Fsp3) is 0.897. The summed E-state index contributed by atoms with van der Waals surface area (Å²) in [6, 6.07) is 0. The van der Waals surface area contributed by atoms with Gasteiger partial charge in [0.1, 0.15) is 0 Å². The fourth-order valence-corrected chi connectivity index (χ4v) is 4.41. The molecule has 31 heavy (non-hydrogen) atoms. The molecule has 0 aliphatic rings. The molecule has 0 saturated heterocycles. The molecule has 0 aliphatic carbocycles. The van der Waals surface area contributed by atoms with Crippen LogP contribution in [0.5, 0.6) is 0 Å². The van der Waals surface area contributed by atoms with Gasteiger partial charge in [0.15, 0.2) is 0 Å². The number of hydrogen-bond donors (Lipinski definition) is 1. The molecule has 0 bridgehead atoms. The summed E-state index contributed by atoms with van der Waals surface area (Å²) in [6.45, 7) is 5.88. The van der Waals surface area contributed by atoms with Crippen LogP contribution in [-0.4, -0.2) is 11.1 Å². The van der Waals surface area contributed by atoms with Crippen LogP contribution in [-0.2, 0) is 4.79 Å². The van der Waals surface area contributed by atoms with Crippen molar-refractivity contribution >= 4 is 5.97 Å². The SMILES string of the molecule is C=C(CCCCCCCCCCCCCCCCCCCCCCCCCC)C(=O)O. The van der Waals surface area contributed by atoms with Crippen LogP contribution >= 0.6 is 0 Å². The van der Waals surface area contributed by atoms with Crippen LogP contribution in [0.3, 0.4) is 0 Å². The Balaban J connectivity index is 3.05. The van der Waals surface area contributed by atoms with E-state index in [0.29, 0.717) is 12.0 Å². The zero-order valence-corrected chi connectivity index (χ0v) is 21.2. The summed E-state index contributed by atoms with van der Waals surface area (Å²) >= 11 is 0. The van der Waals surface area contributed by atoms with Crippen LogP contribution in [0, 0.1) is 0 Å². The second-order valence-electron chi connectivity index (χ2n) is 9.79. The minimum absolute atomic E-state index is 0.360. The zero-order chi connectivity index (χ0) is 22.8. The maximum Gasteiger partial charge on any atom is 0.330 e. The predicted octanol–water partition coefficient (Wildman–Crippen LogP) is 10.4. The Labute approximate surface area is 195 Å². The molecule has 0 heterocycles. The molecular weight excluding hydrogens is 380 g/mol. The predicted molar refractivity (Wildman–Crippen MR) is 138 cm³/mol. The van der Waals surface area contributed by atoms with Crippen LogP contribution in [0.2, 0.25) is 0 Å². The third-order valence-corrected chi connectivity index (χ3v) is 6.63. The normalized spacial score (nSPS) is 11.1. The lowest BCUT2D eigenvalue weighted by molar-refractivity contribution is -0.132. The lowest BCUT2D eigenvalue weighted by Gasteiger charge is -2.04. The first-order valence-electron chi connectivity index (χ1n) is 14.1. The molecule has 184 valence electrons. The van der Waals surface area contributed by atoms with Gasteiger partial charge in [0.2, 0.25) is 0 Å². The van der Waals surface area contributed by atoms with Gasteiger partial charge in [-0.25, -0.2) is 4.79 Å². The lowest BCUT2D eigenvalue weighted by Crippen LogP contribution is -1.98. The van der Waals surface area contributed by atoms with Gasteiger partial charge in [0, 0.05) is 5.57 Å². The molecule has 0 rings (SSSR count). The topological polar surface area (TPSA) is 37.3 Å². The molecule has 1 N–H and O–H groups in total. The maximum absolute atomic E-state index is 10.7. The summed E-state index contributed by atoms with van der Waals surface area (Å²) in [7, 11) is 0. The van der Waals surface area contributed by atoms with E-state index in [1.807, 2.05) is 0 Å². The fourth-order valence-electron chi connectivity index (χ4n) is 4.41. The molecule has 0 radical (unpaired) electrons. The molecule has 0 aromatic heterocycles. The van der Waals surface area contributed by atoms with Crippen LogP contribution < -0.4 is 0 Å². The molecule has 0 atom stereocenters. The van der Waals surface area contributed by atoms with E-state index in [1.165, 1.54) is 141 Å². The summed E-state index contributed by atoms with van der Waals surface area (Å²) in [5.41, 5.74) is 0.360. The highest BCUT2D eigenvalue weighted by atomic mass is 16.4. The van der Waals surface area contributed by atoms with Gasteiger partial charge in [0.05, 0.1) is 0 Å². The Morgan fingerprint density at radius 3 is 0.935 bits per heavy atom. The Morgan fingerprint density at radius 2 is 0.710 bits per heavy atom. The van der Waals surface area contributed by atoms with Crippen molar-refractivity contribution in [3.63, 3.8) is 0 Å². The van der Waals surface area contributed by atoms with E-state index in [9.17, 15) is 4.79 Å². The van der Waals surface area contributed by atoms with E-state index in [1.54, 1.807) is 0 Å². The summed E-state index contributed by atoms with van der Waals surface area (Å²) in [6.07, 6.45) is 34.0. The van der Waals surface area contributed by atoms with Gasteiger partial charge in [-0.05, 0) is 12.8 Å². The number of aliphatic carboxylic acids is 1. The van der Waals surface area contributed by atoms with E-state index in [4.69, 9.17) is 5.11 Å². The van der Waals surface area contributed by atoms with Gasteiger partial charge >= 0.3 is 5.97 Å².